The molecule has 4 heteroatoms. The molecule has 2 aromatic rings. The van der Waals surface area contributed by atoms with Gasteiger partial charge in [-0.25, -0.2) is 4.99 Å². The number of benzene rings is 2. The first-order chi connectivity index (χ1) is 10.1. The van der Waals surface area contributed by atoms with E-state index in [0.29, 0.717) is 5.96 Å². The van der Waals surface area contributed by atoms with Crippen molar-refractivity contribution in [3.8, 4) is 0 Å². The fourth-order valence-corrected chi connectivity index (χ4v) is 2.49. The maximum atomic E-state index is 6.20. The van der Waals surface area contributed by atoms with Gasteiger partial charge in [0, 0.05) is 15.8 Å². The molecule has 0 aliphatic heterocycles. The molecule has 0 saturated heterocycles. The number of hydrogen-bond acceptors (Lipinski definition) is 1. The molecule has 0 amide bonds. The van der Waals surface area contributed by atoms with Crippen molar-refractivity contribution in [2.24, 2.45) is 10.7 Å². The highest BCUT2D eigenvalue weighted by Crippen LogP contribution is 2.19. The Labute approximate surface area is 140 Å². The summed E-state index contributed by atoms with van der Waals surface area (Å²) in [7, 11) is 0. The molecule has 21 heavy (non-hydrogen) atoms. The van der Waals surface area contributed by atoms with Gasteiger partial charge in [0.2, 0.25) is 5.96 Å². The fourth-order valence-electron chi connectivity index (χ4n) is 2.13. The third-order valence-corrected chi connectivity index (χ3v) is 4.01. The normalized spacial score (nSPS) is 11.5. The Hall–Kier alpha value is -1.56. The zero-order valence-electron chi connectivity index (χ0n) is 12.4. The number of guanidine groups is 1. The van der Waals surface area contributed by atoms with E-state index >= 15 is 0 Å². The summed E-state index contributed by atoms with van der Waals surface area (Å²) < 4.78 is 1.19. The van der Waals surface area contributed by atoms with Gasteiger partial charge in [0.05, 0.1) is 5.69 Å². The molecule has 0 saturated carbocycles. The van der Waals surface area contributed by atoms with Crippen LogP contribution in [-0.4, -0.2) is 12.5 Å². The van der Waals surface area contributed by atoms with Crippen LogP contribution in [0.5, 0.6) is 0 Å². The number of nitrogens with two attached hydrogens (primary N) is 1. The molecule has 0 aliphatic rings. The van der Waals surface area contributed by atoms with Gasteiger partial charge < -0.3 is 10.6 Å². The lowest BCUT2D eigenvalue weighted by Crippen LogP contribution is -2.37. The summed E-state index contributed by atoms with van der Waals surface area (Å²) in [5.74, 6) is 0.520. The standard InChI is InChI=1S/C17H20IN3/c1-3-13-6-5-7-16(12-13)21(4-2)17(19)20-15-10-8-14(18)9-11-15/h5-12H,3-4H2,1-2H3,(H2,19,20). The minimum absolute atomic E-state index is 0.520. The lowest BCUT2D eigenvalue weighted by molar-refractivity contribution is 1.03. The predicted molar refractivity (Wildman–Crippen MR) is 99.3 cm³/mol. The Morgan fingerprint density at radius 3 is 2.48 bits per heavy atom. The molecular formula is C17H20IN3. The van der Waals surface area contributed by atoms with E-state index in [9.17, 15) is 0 Å². The van der Waals surface area contributed by atoms with Gasteiger partial charge in [0.15, 0.2) is 0 Å². The van der Waals surface area contributed by atoms with Crippen LogP contribution in [0.4, 0.5) is 11.4 Å². The van der Waals surface area contributed by atoms with Crippen molar-refractivity contribution in [3.05, 3.63) is 57.7 Å². The van der Waals surface area contributed by atoms with E-state index < -0.39 is 0 Å². The zero-order valence-corrected chi connectivity index (χ0v) is 14.5. The first-order valence-corrected chi connectivity index (χ1v) is 8.18. The second kappa shape index (κ2) is 7.45. The number of halogens is 1. The van der Waals surface area contributed by atoms with E-state index in [4.69, 9.17) is 5.73 Å². The third-order valence-electron chi connectivity index (χ3n) is 3.29. The van der Waals surface area contributed by atoms with Crippen molar-refractivity contribution in [2.75, 3.05) is 11.4 Å². The highest BCUT2D eigenvalue weighted by molar-refractivity contribution is 14.1. The van der Waals surface area contributed by atoms with Gasteiger partial charge in [-0.05, 0) is 77.9 Å². The average Bonchev–Trinajstić information content (AvgIpc) is 2.50. The van der Waals surface area contributed by atoms with Crippen molar-refractivity contribution in [2.45, 2.75) is 20.3 Å². The maximum absolute atomic E-state index is 6.20. The summed E-state index contributed by atoms with van der Waals surface area (Å²) in [6.45, 7) is 5.01. The van der Waals surface area contributed by atoms with Crippen LogP contribution in [0.1, 0.15) is 19.4 Å². The van der Waals surface area contributed by atoms with E-state index in [1.54, 1.807) is 0 Å². The minimum Gasteiger partial charge on any atom is -0.369 e. The molecule has 0 fully saturated rings. The van der Waals surface area contributed by atoms with Crippen molar-refractivity contribution in [1.82, 2.24) is 0 Å². The minimum atomic E-state index is 0.520. The third kappa shape index (κ3) is 4.20. The quantitative estimate of drug-likeness (QED) is 0.478. The molecule has 0 heterocycles. The molecule has 0 spiro atoms. The monoisotopic (exact) mass is 393 g/mol. The van der Waals surface area contributed by atoms with Gasteiger partial charge in [-0.1, -0.05) is 19.1 Å². The van der Waals surface area contributed by atoms with Crippen LogP contribution in [-0.2, 0) is 6.42 Å². The Balaban J connectivity index is 2.29. The van der Waals surface area contributed by atoms with E-state index in [2.05, 4.69) is 65.7 Å². The SMILES string of the molecule is CCc1cccc(N(CC)C(N)=Nc2ccc(I)cc2)c1. The summed E-state index contributed by atoms with van der Waals surface area (Å²) in [4.78, 5) is 6.55. The predicted octanol–water partition coefficient (Wildman–Crippen LogP) is 4.33. The molecule has 0 unspecified atom stereocenters. The van der Waals surface area contributed by atoms with Gasteiger partial charge in [-0.3, -0.25) is 0 Å². The number of rotatable bonds is 4. The van der Waals surface area contributed by atoms with Crippen LogP contribution in [0.25, 0.3) is 0 Å². The molecule has 0 aliphatic carbocycles. The highest BCUT2D eigenvalue weighted by atomic mass is 127. The Bertz CT molecular complexity index is 620. The van der Waals surface area contributed by atoms with E-state index in [-0.39, 0.29) is 0 Å². The van der Waals surface area contributed by atoms with Gasteiger partial charge in [0.25, 0.3) is 0 Å². The largest absolute Gasteiger partial charge is 0.369 e. The summed E-state index contributed by atoms with van der Waals surface area (Å²) >= 11 is 2.28. The number of aryl methyl sites for hydroxylation is 1. The van der Waals surface area contributed by atoms with E-state index in [1.165, 1.54) is 9.13 Å². The first-order valence-electron chi connectivity index (χ1n) is 7.10. The highest BCUT2D eigenvalue weighted by Gasteiger charge is 2.09. The van der Waals surface area contributed by atoms with Crippen molar-refractivity contribution >= 4 is 39.9 Å². The molecule has 2 aromatic carbocycles. The smallest absolute Gasteiger partial charge is 0.201 e. The van der Waals surface area contributed by atoms with E-state index in [1.807, 2.05) is 29.2 Å². The Kier molecular flexibility index (Phi) is 5.61. The van der Waals surface area contributed by atoms with Crippen molar-refractivity contribution in [3.63, 3.8) is 0 Å². The zero-order chi connectivity index (χ0) is 15.2. The van der Waals surface area contributed by atoms with E-state index in [0.717, 1.165) is 24.3 Å². The average molecular weight is 393 g/mol. The number of anilines is 1. The lowest BCUT2D eigenvalue weighted by atomic mass is 10.1. The number of hydrogen-bond donors (Lipinski definition) is 1. The van der Waals surface area contributed by atoms with Crippen LogP contribution in [0.15, 0.2) is 53.5 Å². The second-order valence-electron chi connectivity index (χ2n) is 4.71. The Morgan fingerprint density at radius 2 is 1.86 bits per heavy atom. The van der Waals surface area contributed by atoms with Crippen LogP contribution < -0.4 is 10.6 Å². The molecule has 0 atom stereocenters. The molecular weight excluding hydrogens is 373 g/mol. The summed E-state index contributed by atoms with van der Waals surface area (Å²) in [6, 6.07) is 16.4. The van der Waals surface area contributed by atoms with Crippen LogP contribution in [0.2, 0.25) is 0 Å². The summed E-state index contributed by atoms with van der Waals surface area (Å²) in [6.07, 6.45) is 1.01. The van der Waals surface area contributed by atoms with Gasteiger partial charge in [0.1, 0.15) is 0 Å². The van der Waals surface area contributed by atoms with Gasteiger partial charge in [-0.2, -0.15) is 0 Å². The fraction of sp³-hybridized carbons (Fsp3) is 0.235. The lowest BCUT2D eigenvalue weighted by Gasteiger charge is -2.22. The summed E-state index contributed by atoms with van der Waals surface area (Å²) in [5, 5.41) is 0. The van der Waals surface area contributed by atoms with Crippen molar-refractivity contribution < 1.29 is 0 Å². The maximum Gasteiger partial charge on any atom is 0.201 e. The first kappa shape index (κ1) is 15.8. The van der Waals surface area contributed by atoms with Crippen molar-refractivity contribution in [1.29, 1.82) is 0 Å². The molecule has 110 valence electrons. The Morgan fingerprint density at radius 1 is 1.14 bits per heavy atom. The molecule has 2 rings (SSSR count). The molecule has 0 aromatic heterocycles. The summed E-state index contributed by atoms with van der Waals surface area (Å²) in [5.41, 5.74) is 9.46. The topological polar surface area (TPSA) is 41.6 Å². The van der Waals surface area contributed by atoms with Crippen LogP contribution >= 0.6 is 22.6 Å². The number of aliphatic imine (C=N–C) groups is 1. The molecule has 0 bridgehead atoms. The molecule has 3 nitrogen and oxygen atoms in total. The molecule has 2 N–H and O–H groups in total. The number of nitrogens with zero attached hydrogens (tertiary/aromatic N) is 2. The second-order valence-corrected chi connectivity index (χ2v) is 5.96. The molecule has 0 radical (unpaired) electrons. The van der Waals surface area contributed by atoms with Crippen LogP contribution in [0, 0.1) is 3.57 Å². The van der Waals surface area contributed by atoms with Gasteiger partial charge >= 0.3 is 0 Å². The van der Waals surface area contributed by atoms with Crippen LogP contribution in [0.3, 0.4) is 0 Å². The van der Waals surface area contributed by atoms with Gasteiger partial charge in [-0.15, -0.1) is 0 Å².